The molecule has 0 saturated carbocycles. The summed E-state index contributed by atoms with van der Waals surface area (Å²) in [5, 5.41) is 9.93. The number of rotatable bonds is 1. The second-order valence-corrected chi connectivity index (χ2v) is 9.29. The number of nitrogens with zero attached hydrogens (tertiary/aromatic N) is 2. The molecule has 2 aromatic heterocycles. The quantitative estimate of drug-likeness (QED) is 0.255. The third-order valence-corrected chi connectivity index (χ3v) is 7.50. The Bertz CT molecular complexity index is 2120. The SMILES string of the molecule is Nn1c2ccc(-n3c4ccccc4c4c5ccccc5ccc43)cc2c2c3ccccc3ccc21. The largest absolute Gasteiger partial charge is 0.339 e. The number of para-hydroxylation sites is 1. The molecule has 0 saturated heterocycles. The number of nitrogen functional groups attached to an aromatic ring is 1. The van der Waals surface area contributed by atoms with Crippen LogP contribution in [0.1, 0.15) is 0 Å². The summed E-state index contributed by atoms with van der Waals surface area (Å²) in [5.41, 5.74) is 5.64. The van der Waals surface area contributed by atoms with E-state index >= 15 is 0 Å². The number of nitrogens with two attached hydrogens (primary N) is 1. The zero-order valence-corrected chi connectivity index (χ0v) is 18.9. The minimum Gasteiger partial charge on any atom is -0.339 e. The molecule has 0 spiro atoms. The van der Waals surface area contributed by atoms with Crippen molar-refractivity contribution in [1.29, 1.82) is 0 Å². The van der Waals surface area contributed by atoms with Crippen molar-refractivity contribution in [2.45, 2.75) is 0 Å². The maximum absolute atomic E-state index is 6.59. The van der Waals surface area contributed by atoms with Crippen molar-refractivity contribution in [2.24, 2.45) is 0 Å². The van der Waals surface area contributed by atoms with Crippen molar-refractivity contribution in [1.82, 2.24) is 9.24 Å². The van der Waals surface area contributed by atoms with E-state index in [2.05, 4.69) is 120 Å². The molecule has 0 aliphatic rings. The van der Waals surface area contributed by atoms with Crippen molar-refractivity contribution >= 4 is 65.2 Å². The Hall–Kier alpha value is -4.76. The monoisotopic (exact) mass is 447 g/mol. The highest BCUT2D eigenvalue weighted by Gasteiger charge is 2.17. The summed E-state index contributed by atoms with van der Waals surface area (Å²) in [4.78, 5) is 0. The molecule has 2 heterocycles. The van der Waals surface area contributed by atoms with Gasteiger partial charge in [-0.25, -0.2) is 0 Å². The minimum absolute atomic E-state index is 1.03. The lowest BCUT2D eigenvalue weighted by molar-refractivity contribution is 1.12. The van der Waals surface area contributed by atoms with Gasteiger partial charge in [-0.15, -0.1) is 0 Å². The Morgan fingerprint density at radius 3 is 1.74 bits per heavy atom. The normalized spacial score (nSPS) is 12.1. The van der Waals surface area contributed by atoms with Gasteiger partial charge >= 0.3 is 0 Å². The van der Waals surface area contributed by atoms with Crippen molar-refractivity contribution in [2.75, 3.05) is 5.84 Å². The van der Waals surface area contributed by atoms with Crippen LogP contribution in [-0.4, -0.2) is 9.24 Å². The van der Waals surface area contributed by atoms with Gasteiger partial charge in [-0.05, 0) is 57.9 Å². The van der Waals surface area contributed by atoms with Gasteiger partial charge in [-0.1, -0.05) is 78.9 Å². The van der Waals surface area contributed by atoms with Crippen LogP contribution >= 0.6 is 0 Å². The van der Waals surface area contributed by atoms with Gasteiger partial charge in [0.2, 0.25) is 0 Å². The van der Waals surface area contributed by atoms with Crippen molar-refractivity contribution in [3.8, 4) is 5.69 Å². The lowest BCUT2D eigenvalue weighted by Gasteiger charge is -2.09. The molecule has 0 aliphatic heterocycles. The van der Waals surface area contributed by atoms with E-state index in [4.69, 9.17) is 5.84 Å². The molecule has 0 amide bonds. The summed E-state index contributed by atoms with van der Waals surface area (Å²) in [6.07, 6.45) is 0. The van der Waals surface area contributed by atoms with Crippen LogP contribution in [0.4, 0.5) is 0 Å². The zero-order chi connectivity index (χ0) is 23.1. The van der Waals surface area contributed by atoms with Crippen LogP contribution in [0, 0.1) is 0 Å². The molecule has 3 nitrogen and oxygen atoms in total. The van der Waals surface area contributed by atoms with Gasteiger partial charge in [0.15, 0.2) is 0 Å². The van der Waals surface area contributed by atoms with Gasteiger partial charge in [0.05, 0.1) is 22.1 Å². The van der Waals surface area contributed by atoms with Gasteiger partial charge in [0, 0.05) is 27.2 Å². The first-order valence-corrected chi connectivity index (χ1v) is 11.9. The van der Waals surface area contributed by atoms with Crippen LogP contribution in [0.25, 0.3) is 70.8 Å². The van der Waals surface area contributed by atoms with E-state index in [9.17, 15) is 0 Å². The molecule has 0 radical (unpaired) electrons. The first-order valence-electron chi connectivity index (χ1n) is 11.9. The number of hydrogen-bond donors (Lipinski definition) is 1. The average molecular weight is 448 g/mol. The summed E-state index contributed by atoms with van der Waals surface area (Å²) < 4.78 is 4.21. The Balaban J connectivity index is 1.54. The third kappa shape index (κ3) is 2.39. The van der Waals surface area contributed by atoms with E-state index in [-0.39, 0.29) is 0 Å². The molecule has 0 aliphatic carbocycles. The molecule has 35 heavy (non-hydrogen) atoms. The Morgan fingerprint density at radius 1 is 0.429 bits per heavy atom. The van der Waals surface area contributed by atoms with E-state index in [1.54, 1.807) is 0 Å². The van der Waals surface area contributed by atoms with Crippen LogP contribution in [-0.2, 0) is 0 Å². The van der Waals surface area contributed by atoms with Crippen LogP contribution in [0.2, 0.25) is 0 Å². The number of aromatic nitrogens is 2. The van der Waals surface area contributed by atoms with Gasteiger partial charge in [-0.3, -0.25) is 4.68 Å². The van der Waals surface area contributed by atoms with Crippen molar-refractivity contribution < 1.29 is 0 Å². The molecule has 6 aromatic carbocycles. The molecule has 3 heteroatoms. The summed E-state index contributed by atoms with van der Waals surface area (Å²) in [5.74, 6) is 6.59. The maximum Gasteiger partial charge on any atom is 0.0710 e. The van der Waals surface area contributed by atoms with Crippen LogP contribution in [0.15, 0.2) is 115 Å². The van der Waals surface area contributed by atoms with Crippen molar-refractivity contribution in [3.05, 3.63) is 115 Å². The number of benzene rings is 6. The molecule has 2 N–H and O–H groups in total. The third-order valence-electron chi connectivity index (χ3n) is 7.50. The zero-order valence-electron chi connectivity index (χ0n) is 18.9. The summed E-state index contributed by atoms with van der Waals surface area (Å²) in [7, 11) is 0. The molecular formula is C32H21N3. The van der Waals surface area contributed by atoms with E-state index in [1.807, 2.05) is 4.68 Å². The molecule has 0 atom stereocenters. The molecule has 8 aromatic rings. The summed E-state index contributed by atoms with van der Waals surface area (Å²) in [6.45, 7) is 0. The summed E-state index contributed by atoms with van der Waals surface area (Å²) in [6, 6.07) is 41.3. The first kappa shape index (κ1) is 18.6. The molecule has 0 bridgehead atoms. The van der Waals surface area contributed by atoms with Gasteiger partial charge in [0.1, 0.15) is 0 Å². The minimum atomic E-state index is 1.03. The van der Waals surface area contributed by atoms with Gasteiger partial charge in [-0.2, -0.15) is 0 Å². The summed E-state index contributed by atoms with van der Waals surface area (Å²) >= 11 is 0. The average Bonchev–Trinajstić information content (AvgIpc) is 3.41. The second-order valence-electron chi connectivity index (χ2n) is 9.29. The Kier molecular flexibility index (Phi) is 3.54. The highest BCUT2D eigenvalue weighted by atomic mass is 15.3. The lowest BCUT2D eigenvalue weighted by Crippen LogP contribution is -2.06. The van der Waals surface area contributed by atoms with Crippen LogP contribution in [0.5, 0.6) is 0 Å². The fourth-order valence-corrected chi connectivity index (χ4v) is 5.96. The predicted molar refractivity (Wildman–Crippen MR) is 149 cm³/mol. The highest BCUT2D eigenvalue weighted by molar-refractivity contribution is 6.23. The van der Waals surface area contributed by atoms with Gasteiger partial charge in [0.25, 0.3) is 0 Å². The van der Waals surface area contributed by atoms with Crippen LogP contribution in [0.3, 0.4) is 0 Å². The molecule has 8 rings (SSSR count). The predicted octanol–water partition coefficient (Wildman–Crippen LogP) is 7.91. The second kappa shape index (κ2) is 6.64. The van der Waals surface area contributed by atoms with E-state index in [1.165, 1.54) is 54.1 Å². The first-order chi connectivity index (χ1) is 17.3. The fraction of sp³-hybridized carbons (Fsp3) is 0. The topological polar surface area (TPSA) is 35.9 Å². The smallest absolute Gasteiger partial charge is 0.0710 e. The molecule has 0 unspecified atom stereocenters. The number of hydrogen-bond acceptors (Lipinski definition) is 1. The molecular weight excluding hydrogens is 426 g/mol. The lowest BCUT2D eigenvalue weighted by atomic mass is 10.0. The Labute approximate surface area is 201 Å². The standard InChI is InChI=1S/C32H21N3/c33-35-28-18-15-22(19-26(28)32-24-10-4-2-8-21(24)14-17-30(32)35)34-27-12-6-5-11-25(27)31-23-9-3-1-7-20(23)13-16-29(31)34/h1-19H,33H2. The maximum atomic E-state index is 6.59. The van der Waals surface area contributed by atoms with E-state index < -0.39 is 0 Å². The number of fused-ring (bicyclic) bond motifs is 10. The van der Waals surface area contributed by atoms with E-state index in [0.29, 0.717) is 0 Å². The molecule has 164 valence electrons. The van der Waals surface area contributed by atoms with Crippen molar-refractivity contribution in [3.63, 3.8) is 0 Å². The fourth-order valence-electron chi connectivity index (χ4n) is 5.96. The van der Waals surface area contributed by atoms with Crippen LogP contribution < -0.4 is 5.84 Å². The van der Waals surface area contributed by atoms with Gasteiger partial charge < -0.3 is 10.4 Å². The Morgan fingerprint density at radius 2 is 1.00 bits per heavy atom. The molecule has 0 fully saturated rings. The van der Waals surface area contributed by atoms with E-state index in [0.717, 1.165) is 16.7 Å². The highest BCUT2D eigenvalue weighted by Crippen LogP contribution is 2.39.